The van der Waals surface area contributed by atoms with E-state index in [0.29, 0.717) is 11.8 Å². The van der Waals surface area contributed by atoms with Crippen molar-refractivity contribution in [1.29, 1.82) is 0 Å². The molecular formula is C17H30O4. The Balaban J connectivity index is 2.17. The van der Waals surface area contributed by atoms with Gasteiger partial charge in [0.1, 0.15) is 0 Å². The zero-order valence-corrected chi connectivity index (χ0v) is 14.1. The number of carbonyl (C=O) groups excluding carboxylic acids is 1. The Morgan fingerprint density at radius 1 is 1.38 bits per heavy atom. The van der Waals surface area contributed by atoms with Crippen LogP contribution in [0.15, 0.2) is 0 Å². The lowest BCUT2D eigenvalue weighted by molar-refractivity contribution is -0.350. The van der Waals surface area contributed by atoms with Crippen LogP contribution < -0.4 is 0 Å². The minimum Gasteiger partial charge on any atom is -0.469 e. The van der Waals surface area contributed by atoms with E-state index < -0.39 is 5.79 Å². The van der Waals surface area contributed by atoms with Crippen molar-refractivity contribution in [3.8, 4) is 0 Å². The molecule has 2 aliphatic heterocycles. The summed E-state index contributed by atoms with van der Waals surface area (Å²) in [7, 11) is 1.44. The number of methoxy groups -OCH3 is 1. The van der Waals surface area contributed by atoms with E-state index >= 15 is 0 Å². The highest BCUT2D eigenvalue weighted by Crippen LogP contribution is 2.46. The molecule has 6 atom stereocenters. The second kappa shape index (κ2) is 6.66. The molecule has 0 saturated carbocycles. The van der Waals surface area contributed by atoms with Crippen molar-refractivity contribution < 1.29 is 19.0 Å². The fraction of sp³-hybridized carbons (Fsp3) is 0.941. The monoisotopic (exact) mass is 298 g/mol. The Hall–Kier alpha value is -0.610. The zero-order valence-electron chi connectivity index (χ0n) is 14.1. The van der Waals surface area contributed by atoms with Gasteiger partial charge in [-0.05, 0) is 38.5 Å². The quantitative estimate of drug-likeness (QED) is 0.748. The summed E-state index contributed by atoms with van der Waals surface area (Å²) in [5.74, 6) is -0.245. The van der Waals surface area contributed by atoms with E-state index in [9.17, 15) is 4.79 Å². The van der Waals surface area contributed by atoms with Gasteiger partial charge in [0.25, 0.3) is 0 Å². The van der Waals surface area contributed by atoms with Crippen LogP contribution in [0.5, 0.6) is 0 Å². The first-order chi connectivity index (χ1) is 9.93. The number of esters is 1. The van der Waals surface area contributed by atoms with Crippen molar-refractivity contribution in [2.24, 2.45) is 17.8 Å². The van der Waals surface area contributed by atoms with Gasteiger partial charge in [0, 0.05) is 12.3 Å². The fourth-order valence-electron chi connectivity index (χ4n) is 3.96. The maximum Gasteiger partial charge on any atom is 0.311 e. The predicted octanol–water partition coefficient (Wildman–Crippen LogP) is 3.53. The first-order valence-corrected chi connectivity index (χ1v) is 8.37. The van der Waals surface area contributed by atoms with Crippen molar-refractivity contribution >= 4 is 5.97 Å². The normalized spacial score (nSPS) is 41.8. The predicted molar refractivity (Wildman–Crippen MR) is 80.7 cm³/mol. The van der Waals surface area contributed by atoms with Gasteiger partial charge in [-0.1, -0.05) is 20.8 Å². The summed E-state index contributed by atoms with van der Waals surface area (Å²) in [6.45, 7) is 8.44. The molecule has 21 heavy (non-hydrogen) atoms. The fourth-order valence-corrected chi connectivity index (χ4v) is 3.96. The van der Waals surface area contributed by atoms with Crippen molar-refractivity contribution in [2.45, 2.75) is 77.8 Å². The lowest BCUT2D eigenvalue weighted by atomic mass is 9.77. The highest BCUT2D eigenvalue weighted by molar-refractivity contribution is 5.72. The Kier molecular flexibility index (Phi) is 5.31. The minimum absolute atomic E-state index is 0.121. The van der Waals surface area contributed by atoms with Crippen molar-refractivity contribution in [3.63, 3.8) is 0 Å². The minimum atomic E-state index is -0.502. The highest BCUT2D eigenvalue weighted by atomic mass is 16.7. The molecule has 0 aromatic heterocycles. The van der Waals surface area contributed by atoms with E-state index in [0.717, 1.165) is 32.1 Å². The molecule has 0 bridgehead atoms. The van der Waals surface area contributed by atoms with Crippen LogP contribution in [0.1, 0.15) is 59.8 Å². The molecule has 0 aromatic carbocycles. The van der Waals surface area contributed by atoms with E-state index in [1.165, 1.54) is 7.11 Å². The Bertz CT molecular complexity index is 370. The van der Waals surface area contributed by atoms with Gasteiger partial charge < -0.3 is 14.2 Å². The molecule has 2 aliphatic rings. The summed E-state index contributed by atoms with van der Waals surface area (Å²) in [5.41, 5.74) is 0. The third-order valence-electron chi connectivity index (χ3n) is 5.31. The standard InChI is InChI=1S/C17H30O4/c1-6-14-8-7-9-17(20-14)12(3)10-11(2)15(21-17)13(4)16(18)19-5/h11-15H,6-10H2,1-5H3/t11-,12-,13+,14-,15-,17-/m0/s1. The largest absolute Gasteiger partial charge is 0.469 e. The third kappa shape index (κ3) is 3.26. The molecule has 2 heterocycles. The summed E-state index contributed by atoms with van der Waals surface area (Å²) in [5, 5.41) is 0. The van der Waals surface area contributed by atoms with Crippen LogP contribution in [-0.2, 0) is 19.0 Å². The molecular weight excluding hydrogens is 268 g/mol. The van der Waals surface area contributed by atoms with Crippen LogP contribution in [0.2, 0.25) is 0 Å². The number of hydrogen-bond acceptors (Lipinski definition) is 4. The maximum atomic E-state index is 11.9. The summed E-state index contributed by atoms with van der Waals surface area (Å²) in [6.07, 6.45) is 5.39. The molecule has 4 heteroatoms. The highest BCUT2D eigenvalue weighted by Gasteiger charge is 2.51. The average molecular weight is 298 g/mol. The topological polar surface area (TPSA) is 44.8 Å². The average Bonchev–Trinajstić information content (AvgIpc) is 2.50. The van der Waals surface area contributed by atoms with Gasteiger partial charge in [-0.25, -0.2) is 0 Å². The number of hydrogen-bond donors (Lipinski definition) is 0. The molecule has 0 aromatic rings. The Morgan fingerprint density at radius 2 is 2.10 bits per heavy atom. The van der Waals surface area contributed by atoms with Crippen LogP contribution in [0.25, 0.3) is 0 Å². The summed E-state index contributed by atoms with van der Waals surface area (Å²) < 4.78 is 17.7. The van der Waals surface area contributed by atoms with Gasteiger partial charge in [0.2, 0.25) is 0 Å². The molecule has 0 unspecified atom stereocenters. The SMILES string of the molecule is CC[C@H]1CCC[C@]2(O1)O[C@H]([C@@H](C)C(=O)OC)[C@@H](C)C[C@@H]2C. The molecule has 0 aliphatic carbocycles. The van der Waals surface area contributed by atoms with E-state index in [1.807, 2.05) is 6.92 Å². The van der Waals surface area contributed by atoms with Crippen LogP contribution in [-0.4, -0.2) is 31.1 Å². The molecule has 2 fully saturated rings. The van der Waals surface area contributed by atoms with Gasteiger partial charge in [0.05, 0.1) is 25.2 Å². The third-order valence-corrected chi connectivity index (χ3v) is 5.31. The van der Waals surface area contributed by atoms with Crippen LogP contribution in [0, 0.1) is 17.8 Å². The molecule has 2 saturated heterocycles. The number of rotatable bonds is 3. The van der Waals surface area contributed by atoms with Crippen molar-refractivity contribution in [2.75, 3.05) is 7.11 Å². The molecule has 2 rings (SSSR count). The van der Waals surface area contributed by atoms with Crippen LogP contribution >= 0.6 is 0 Å². The Labute approximate surface area is 128 Å². The van der Waals surface area contributed by atoms with Crippen LogP contribution in [0.3, 0.4) is 0 Å². The smallest absolute Gasteiger partial charge is 0.311 e. The van der Waals surface area contributed by atoms with Crippen LogP contribution in [0.4, 0.5) is 0 Å². The number of carbonyl (C=O) groups is 1. The van der Waals surface area contributed by atoms with Gasteiger partial charge in [-0.15, -0.1) is 0 Å². The first kappa shape index (κ1) is 16.8. The van der Waals surface area contributed by atoms with E-state index in [-0.39, 0.29) is 24.1 Å². The lowest BCUT2D eigenvalue weighted by Gasteiger charge is -2.52. The second-order valence-corrected chi connectivity index (χ2v) is 6.86. The molecule has 0 N–H and O–H groups in total. The number of ether oxygens (including phenoxy) is 3. The zero-order chi connectivity index (χ0) is 15.6. The first-order valence-electron chi connectivity index (χ1n) is 8.37. The van der Waals surface area contributed by atoms with Gasteiger partial charge in [-0.2, -0.15) is 0 Å². The lowest BCUT2D eigenvalue weighted by Crippen LogP contribution is -2.56. The molecule has 1 spiro atoms. The van der Waals surface area contributed by atoms with Gasteiger partial charge in [0.15, 0.2) is 5.79 Å². The summed E-state index contributed by atoms with van der Waals surface area (Å²) in [4.78, 5) is 11.9. The second-order valence-electron chi connectivity index (χ2n) is 6.86. The molecule has 4 nitrogen and oxygen atoms in total. The molecule has 0 radical (unpaired) electrons. The van der Waals surface area contributed by atoms with Crippen molar-refractivity contribution in [3.05, 3.63) is 0 Å². The van der Waals surface area contributed by atoms with Gasteiger partial charge >= 0.3 is 5.97 Å². The maximum absolute atomic E-state index is 11.9. The summed E-state index contributed by atoms with van der Waals surface area (Å²) in [6, 6.07) is 0. The van der Waals surface area contributed by atoms with E-state index in [4.69, 9.17) is 14.2 Å². The van der Waals surface area contributed by atoms with Gasteiger partial charge in [-0.3, -0.25) is 4.79 Å². The van der Waals surface area contributed by atoms with E-state index in [1.54, 1.807) is 0 Å². The summed E-state index contributed by atoms with van der Waals surface area (Å²) >= 11 is 0. The Morgan fingerprint density at radius 3 is 2.71 bits per heavy atom. The van der Waals surface area contributed by atoms with Crippen molar-refractivity contribution in [1.82, 2.24) is 0 Å². The molecule has 0 amide bonds. The molecule has 122 valence electrons. The van der Waals surface area contributed by atoms with E-state index in [2.05, 4.69) is 20.8 Å².